The highest BCUT2D eigenvalue weighted by Gasteiger charge is 2.17. The number of amides is 3. The summed E-state index contributed by atoms with van der Waals surface area (Å²) in [6.07, 6.45) is 1.59. The molecular weight excluding hydrogens is 436 g/mol. The predicted molar refractivity (Wildman–Crippen MR) is 115 cm³/mol. The van der Waals surface area contributed by atoms with Gasteiger partial charge in [0.2, 0.25) is 0 Å². The SMILES string of the molecule is C=CCNC(=O)Nc1ccc(NC(=O)c2nnn(-c3cccc(Br)c3)c2C)cc1. The van der Waals surface area contributed by atoms with Gasteiger partial charge in [-0.1, -0.05) is 33.3 Å². The molecule has 0 radical (unpaired) electrons. The van der Waals surface area contributed by atoms with Crippen molar-refractivity contribution in [2.45, 2.75) is 6.92 Å². The fourth-order valence-electron chi connectivity index (χ4n) is 2.56. The van der Waals surface area contributed by atoms with Gasteiger partial charge in [0.1, 0.15) is 0 Å². The second kappa shape index (κ2) is 9.16. The summed E-state index contributed by atoms with van der Waals surface area (Å²) >= 11 is 3.42. The Labute approximate surface area is 176 Å². The molecule has 1 aromatic heterocycles. The molecule has 9 heteroatoms. The van der Waals surface area contributed by atoms with Crippen LogP contribution in [0.2, 0.25) is 0 Å². The maximum atomic E-state index is 12.6. The first-order valence-corrected chi connectivity index (χ1v) is 9.52. The van der Waals surface area contributed by atoms with E-state index in [-0.39, 0.29) is 17.6 Å². The van der Waals surface area contributed by atoms with Crippen LogP contribution >= 0.6 is 15.9 Å². The Kier molecular flexibility index (Phi) is 6.40. The minimum Gasteiger partial charge on any atom is -0.334 e. The van der Waals surface area contributed by atoms with Crippen molar-refractivity contribution in [2.24, 2.45) is 0 Å². The largest absolute Gasteiger partial charge is 0.334 e. The van der Waals surface area contributed by atoms with Crippen LogP contribution in [-0.2, 0) is 0 Å². The first kappa shape index (κ1) is 20.3. The number of benzene rings is 2. The summed E-state index contributed by atoms with van der Waals surface area (Å²) in [5, 5.41) is 16.2. The zero-order valence-corrected chi connectivity index (χ0v) is 17.2. The highest BCUT2D eigenvalue weighted by molar-refractivity contribution is 9.10. The lowest BCUT2D eigenvalue weighted by molar-refractivity contribution is 0.102. The van der Waals surface area contributed by atoms with Gasteiger partial charge in [0, 0.05) is 22.4 Å². The van der Waals surface area contributed by atoms with E-state index in [2.05, 4.69) is 48.8 Å². The van der Waals surface area contributed by atoms with E-state index >= 15 is 0 Å². The van der Waals surface area contributed by atoms with Crippen molar-refractivity contribution in [3.8, 4) is 5.69 Å². The molecule has 3 amide bonds. The molecule has 29 heavy (non-hydrogen) atoms. The lowest BCUT2D eigenvalue weighted by atomic mass is 10.2. The Hall–Kier alpha value is -3.46. The smallest absolute Gasteiger partial charge is 0.319 e. The first-order chi connectivity index (χ1) is 14.0. The van der Waals surface area contributed by atoms with E-state index in [1.165, 1.54) is 0 Å². The summed E-state index contributed by atoms with van der Waals surface area (Å²) in [7, 11) is 0. The molecule has 3 rings (SSSR count). The van der Waals surface area contributed by atoms with E-state index in [0.717, 1.165) is 10.2 Å². The normalized spacial score (nSPS) is 10.3. The third kappa shape index (κ3) is 5.08. The number of carbonyl (C=O) groups is 2. The lowest BCUT2D eigenvalue weighted by Gasteiger charge is -2.08. The van der Waals surface area contributed by atoms with Gasteiger partial charge in [-0.15, -0.1) is 11.7 Å². The number of hydrogen-bond acceptors (Lipinski definition) is 4. The van der Waals surface area contributed by atoms with E-state index in [0.29, 0.717) is 23.6 Å². The Bertz CT molecular complexity index is 1050. The van der Waals surface area contributed by atoms with Gasteiger partial charge in [-0.05, 0) is 49.4 Å². The zero-order chi connectivity index (χ0) is 20.8. The van der Waals surface area contributed by atoms with Gasteiger partial charge in [-0.25, -0.2) is 9.48 Å². The monoisotopic (exact) mass is 454 g/mol. The molecule has 148 valence electrons. The molecule has 0 saturated heterocycles. The minimum absolute atomic E-state index is 0.232. The number of carbonyl (C=O) groups excluding carboxylic acids is 2. The highest BCUT2D eigenvalue weighted by Crippen LogP contribution is 2.19. The fraction of sp³-hybridized carbons (Fsp3) is 0.100. The molecule has 0 saturated carbocycles. The van der Waals surface area contributed by atoms with Crippen LogP contribution in [0.3, 0.4) is 0 Å². The molecule has 0 aliphatic heterocycles. The van der Waals surface area contributed by atoms with Gasteiger partial charge in [0.05, 0.1) is 11.4 Å². The molecule has 0 unspecified atom stereocenters. The number of nitrogens with zero attached hydrogens (tertiary/aromatic N) is 3. The second-order valence-corrected chi connectivity index (χ2v) is 6.99. The van der Waals surface area contributed by atoms with Crippen LogP contribution < -0.4 is 16.0 Å². The van der Waals surface area contributed by atoms with Crippen molar-refractivity contribution in [3.63, 3.8) is 0 Å². The highest BCUT2D eigenvalue weighted by atomic mass is 79.9. The first-order valence-electron chi connectivity index (χ1n) is 8.73. The summed E-state index contributed by atoms with van der Waals surface area (Å²) in [6, 6.07) is 14.0. The Morgan fingerprint density at radius 2 is 1.83 bits per heavy atom. The molecule has 0 bridgehead atoms. The molecule has 8 nitrogen and oxygen atoms in total. The number of nitrogens with one attached hydrogen (secondary N) is 3. The zero-order valence-electron chi connectivity index (χ0n) is 15.6. The topological polar surface area (TPSA) is 101 Å². The van der Waals surface area contributed by atoms with Crippen molar-refractivity contribution in [2.75, 3.05) is 17.2 Å². The average molecular weight is 455 g/mol. The van der Waals surface area contributed by atoms with E-state index < -0.39 is 0 Å². The van der Waals surface area contributed by atoms with Gasteiger partial charge < -0.3 is 16.0 Å². The van der Waals surface area contributed by atoms with Crippen LogP contribution in [0.5, 0.6) is 0 Å². The summed E-state index contributed by atoms with van der Waals surface area (Å²) < 4.78 is 2.51. The van der Waals surface area contributed by atoms with Crippen LogP contribution in [0.1, 0.15) is 16.2 Å². The Balaban J connectivity index is 1.68. The van der Waals surface area contributed by atoms with Gasteiger partial charge in [-0.2, -0.15) is 0 Å². The third-order valence-corrected chi connectivity index (χ3v) is 4.46. The number of halogens is 1. The molecular formula is C20H19BrN6O2. The lowest BCUT2D eigenvalue weighted by Crippen LogP contribution is -2.28. The number of rotatable bonds is 6. The van der Waals surface area contributed by atoms with Crippen molar-refractivity contribution in [1.29, 1.82) is 0 Å². The summed E-state index contributed by atoms with van der Waals surface area (Å²) in [6.45, 7) is 5.69. The maximum Gasteiger partial charge on any atom is 0.319 e. The molecule has 0 spiro atoms. The Morgan fingerprint density at radius 1 is 1.14 bits per heavy atom. The van der Waals surface area contributed by atoms with Gasteiger partial charge >= 0.3 is 6.03 Å². The van der Waals surface area contributed by atoms with E-state index in [1.54, 1.807) is 41.9 Å². The third-order valence-electron chi connectivity index (χ3n) is 3.97. The molecule has 1 heterocycles. The molecule has 0 fully saturated rings. The molecule has 0 atom stereocenters. The number of aromatic nitrogens is 3. The molecule has 3 N–H and O–H groups in total. The van der Waals surface area contributed by atoms with Crippen molar-refractivity contribution >= 4 is 39.2 Å². The van der Waals surface area contributed by atoms with Crippen LogP contribution in [0.25, 0.3) is 5.69 Å². The molecule has 3 aromatic rings. The van der Waals surface area contributed by atoms with Gasteiger partial charge in [-0.3, -0.25) is 4.79 Å². The second-order valence-electron chi connectivity index (χ2n) is 6.07. The maximum absolute atomic E-state index is 12.6. The summed E-state index contributed by atoms with van der Waals surface area (Å²) in [5.74, 6) is -0.367. The van der Waals surface area contributed by atoms with Crippen molar-refractivity contribution in [1.82, 2.24) is 20.3 Å². The fourth-order valence-corrected chi connectivity index (χ4v) is 2.95. The number of hydrogen-bond donors (Lipinski definition) is 3. The molecule has 0 aliphatic rings. The average Bonchev–Trinajstić information content (AvgIpc) is 3.09. The van der Waals surface area contributed by atoms with E-state index in [1.807, 2.05) is 24.3 Å². The number of anilines is 2. The van der Waals surface area contributed by atoms with Crippen LogP contribution in [0.4, 0.5) is 16.2 Å². The summed E-state index contributed by atoms with van der Waals surface area (Å²) in [5.41, 5.74) is 2.83. The van der Waals surface area contributed by atoms with Crippen LogP contribution in [0.15, 0.2) is 65.7 Å². The van der Waals surface area contributed by atoms with Crippen molar-refractivity contribution < 1.29 is 9.59 Å². The predicted octanol–water partition coefficient (Wildman–Crippen LogP) is 3.90. The summed E-state index contributed by atoms with van der Waals surface area (Å²) in [4.78, 5) is 24.2. The van der Waals surface area contributed by atoms with Crippen LogP contribution in [0, 0.1) is 6.92 Å². The molecule has 2 aromatic carbocycles. The van der Waals surface area contributed by atoms with E-state index in [4.69, 9.17) is 0 Å². The molecule has 0 aliphatic carbocycles. The van der Waals surface area contributed by atoms with Gasteiger partial charge in [0.15, 0.2) is 5.69 Å². The van der Waals surface area contributed by atoms with Crippen LogP contribution in [-0.4, -0.2) is 33.5 Å². The number of urea groups is 1. The standard InChI is InChI=1S/C20H19BrN6O2/c1-3-11-22-20(29)24-16-9-7-15(8-10-16)23-19(28)18-13(2)27(26-25-18)17-6-4-5-14(21)12-17/h3-10,12H,1,11H2,2H3,(H,23,28)(H2,22,24,29). The quantitative estimate of drug-likeness (QED) is 0.491. The van der Waals surface area contributed by atoms with Crippen molar-refractivity contribution in [3.05, 3.63) is 77.0 Å². The minimum atomic E-state index is -0.367. The van der Waals surface area contributed by atoms with Gasteiger partial charge in [0.25, 0.3) is 5.91 Å². The van der Waals surface area contributed by atoms with E-state index in [9.17, 15) is 9.59 Å². The Morgan fingerprint density at radius 3 is 2.48 bits per heavy atom.